The highest BCUT2D eigenvalue weighted by molar-refractivity contribution is 5.80. The Morgan fingerprint density at radius 2 is 1.79 bits per heavy atom. The second-order valence-electron chi connectivity index (χ2n) is 3.72. The number of rotatable bonds is 11. The van der Waals surface area contributed by atoms with Crippen LogP contribution in [-0.4, -0.2) is 62.9 Å². The van der Waals surface area contributed by atoms with E-state index >= 15 is 0 Å². The van der Waals surface area contributed by atoms with Crippen molar-refractivity contribution in [1.82, 2.24) is 4.90 Å². The standard InChI is InChI=1S/C13H23NO5/c1-4-6-14(12(3)15)11-13(16)19-10-9-18-8-7-17-5-2/h4H,1,5-11H2,2-3H3. The molecule has 0 saturated carbocycles. The van der Waals surface area contributed by atoms with Gasteiger partial charge in [-0.3, -0.25) is 9.59 Å². The number of esters is 1. The Balaban J connectivity index is 3.62. The van der Waals surface area contributed by atoms with Crippen molar-refractivity contribution in [2.75, 3.05) is 46.1 Å². The van der Waals surface area contributed by atoms with E-state index < -0.39 is 5.97 Å². The summed E-state index contributed by atoms with van der Waals surface area (Å²) in [6.45, 7) is 9.24. The number of hydrogen-bond donors (Lipinski definition) is 0. The smallest absolute Gasteiger partial charge is 0.325 e. The molecule has 0 fully saturated rings. The lowest BCUT2D eigenvalue weighted by atomic mass is 10.4. The van der Waals surface area contributed by atoms with Crippen LogP contribution in [0.4, 0.5) is 0 Å². The van der Waals surface area contributed by atoms with Gasteiger partial charge in [0.1, 0.15) is 13.2 Å². The molecule has 0 bridgehead atoms. The Labute approximate surface area is 114 Å². The molecule has 0 heterocycles. The van der Waals surface area contributed by atoms with Crippen LogP contribution >= 0.6 is 0 Å². The zero-order valence-electron chi connectivity index (χ0n) is 11.7. The van der Waals surface area contributed by atoms with Crippen molar-refractivity contribution in [3.05, 3.63) is 12.7 Å². The van der Waals surface area contributed by atoms with Crippen molar-refractivity contribution < 1.29 is 23.8 Å². The lowest BCUT2D eigenvalue weighted by Crippen LogP contribution is -2.35. The molecule has 0 rings (SSSR count). The molecule has 0 aliphatic heterocycles. The summed E-state index contributed by atoms with van der Waals surface area (Å²) in [7, 11) is 0. The molecule has 0 radical (unpaired) electrons. The lowest BCUT2D eigenvalue weighted by Gasteiger charge is -2.17. The molecule has 0 atom stereocenters. The summed E-state index contributed by atoms with van der Waals surface area (Å²) in [6.07, 6.45) is 1.56. The first kappa shape index (κ1) is 17.6. The molecular formula is C13H23NO5. The fourth-order valence-corrected chi connectivity index (χ4v) is 1.24. The van der Waals surface area contributed by atoms with Gasteiger partial charge in [0, 0.05) is 20.1 Å². The lowest BCUT2D eigenvalue weighted by molar-refractivity contribution is -0.149. The predicted octanol–water partition coefficient (Wildman–Crippen LogP) is 0.617. The Kier molecular flexibility index (Phi) is 10.8. The van der Waals surface area contributed by atoms with Crippen molar-refractivity contribution in [1.29, 1.82) is 0 Å². The fourth-order valence-electron chi connectivity index (χ4n) is 1.24. The molecular weight excluding hydrogens is 250 g/mol. The summed E-state index contributed by atoms with van der Waals surface area (Å²) in [5.74, 6) is -0.643. The number of hydrogen-bond acceptors (Lipinski definition) is 5. The Morgan fingerprint density at radius 3 is 2.37 bits per heavy atom. The van der Waals surface area contributed by atoms with Crippen LogP contribution in [0, 0.1) is 0 Å². The normalized spacial score (nSPS) is 10.0. The Hall–Kier alpha value is -1.40. The van der Waals surface area contributed by atoms with Crippen molar-refractivity contribution in [2.24, 2.45) is 0 Å². The molecule has 0 unspecified atom stereocenters. The zero-order valence-corrected chi connectivity index (χ0v) is 11.7. The number of nitrogens with zero attached hydrogens (tertiary/aromatic N) is 1. The molecule has 0 saturated heterocycles. The van der Waals surface area contributed by atoms with Gasteiger partial charge < -0.3 is 19.1 Å². The van der Waals surface area contributed by atoms with Crippen LogP contribution in [0.3, 0.4) is 0 Å². The van der Waals surface area contributed by atoms with Crippen molar-refractivity contribution in [3.8, 4) is 0 Å². The molecule has 0 spiro atoms. The molecule has 110 valence electrons. The van der Waals surface area contributed by atoms with E-state index in [4.69, 9.17) is 14.2 Å². The number of ether oxygens (including phenoxy) is 3. The monoisotopic (exact) mass is 273 g/mol. The number of amides is 1. The van der Waals surface area contributed by atoms with Gasteiger partial charge in [0.2, 0.25) is 5.91 Å². The highest BCUT2D eigenvalue weighted by Crippen LogP contribution is 1.92. The summed E-state index contributed by atoms with van der Waals surface area (Å²) >= 11 is 0. The van der Waals surface area contributed by atoms with Gasteiger partial charge in [-0.1, -0.05) is 6.08 Å². The van der Waals surface area contributed by atoms with Gasteiger partial charge >= 0.3 is 5.97 Å². The highest BCUT2D eigenvalue weighted by atomic mass is 16.6. The minimum atomic E-state index is -0.453. The Morgan fingerprint density at radius 1 is 1.16 bits per heavy atom. The summed E-state index contributed by atoms with van der Waals surface area (Å²) in [5, 5.41) is 0. The molecule has 0 aromatic rings. The Bertz CT molecular complexity index is 280. The van der Waals surface area contributed by atoms with Gasteiger partial charge in [0.25, 0.3) is 0 Å². The van der Waals surface area contributed by atoms with Crippen LogP contribution in [0.2, 0.25) is 0 Å². The quantitative estimate of drug-likeness (QED) is 0.314. The number of carbonyl (C=O) groups excluding carboxylic acids is 2. The zero-order chi connectivity index (χ0) is 14.5. The van der Waals surface area contributed by atoms with Crippen LogP contribution in [0.25, 0.3) is 0 Å². The first-order valence-electron chi connectivity index (χ1n) is 6.29. The molecule has 6 heteroatoms. The SMILES string of the molecule is C=CCN(CC(=O)OCCOCCOCC)C(C)=O. The van der Waals surface area contributed by atoms with E-state index in [1.807, 2.05) is 6.92 Å². The second-order valence-corrected chi connectivity index (χ2v) is 3.72. The van der Waals surface area contributed by atoms with E-state index in [0.29, 0.717) is 33.0 Å². The molecule has 0 N–H and O–H groups in total. The maximum atomic E-state index is 11.4. The fraction of sp³-hybridized carbons (Fsp3) is 0.692. The molecule has 0 aliphatic carbocycles. The van der Waals surface area contributed by atoms with Crippen LogP contribution < -0.4 is 0 Å². The van der Waals surface area contributed by atoms with Gasteiger partial charge in [0.15, 0.2) is 0 Å². The third kappa shape index (κ3) is 10.2. The molecule has 1 amide bonds. The topological polar surface area (TPSA) is 65.1 Å². The van der Waals surface area contributed by atoms with Gasteiger partial charge in [0.05, 0.1) is 19.8 Å². The average Bonchev–Trinajstić information content (AvgIpc) is 2.37. The van der Waals surface area contributed by atoms with E-state index in [1.54, 1.807) is 6.08 Å². The highest BCUT2D eigenvalue weighted by Gasteiger charge is 2.12. The minimum absolute atomic E-state index is 0.0691. The van der Waals surface area contributed by atoms with Crippen LogP contribution in [0.5, 0.6) is 0 Å². The van der Waals surface area contributed by atoms with Crippen LogP contribution in [0.1, 0.15) is 13.8 Å². The summed E-state index contributed by atoms with van der Waals surface area (Å²) < 4.78 is 15.2. The first-order valence-corrected chi connectivity index (χ1v) is 6.29. The molecule has 0 aromatic carbocycles. The summed E-state index contributed by atoms with van der Waals surface area (Å²) in [4.78, 5) is 24.0. The van der Waals surface area contributed by atoms with Crippen LogP contribution in [-0.2, 0) is 23.8 Å². The van der Waals surface area contributed by atoms with E-state index in [-0.39, 0.29) is 19.1 Å². The van der Waals surface area contributed by atoms with Gasteiger partial charge in [-0.25, -0.2) is 0 Å². The molecule has 0 aliphatic rings. The third-order valence-electron chi connectivity index (χ3n) is 2.18. The summed E-state index contributed by atoms with van der Waals surface area (Å²) in [6, 6.07) is 0. The molecule has 6 nitrogen and oxygen atoms in total. The van der Waals surface area contributed by atoms with E-state index in [0.717, 1.165) is 0 Å². The van der Waals surface area contributed by atoms with Crippen molar-refractivity contribution in [2.45, 2.75) is 13.8 Å². The maximum Gasteiger partial charge on any atom is 0.325 e. The second kappa shape index (κ2) is 11.7. The number of carbonyl (C=O) groups is 2. The largest absolute Gasteiger partial charge is 0.462 e. The van der Waals surface area contributed by atoms with E-state index in [2.05, 4.69) is 6.58 Å². The van der Waals surface area contributed by atoms with E-state index in [9.17, 15) is 9.59 Å². The maximum absolute atomic E-state index is 11.4. The van der Waals surface area contributed by atoms with Gasteiger partial charge in [-0.05, 0) is 6.92 Å². The molecule has 0 aromatic heterocycles. The predicted molar refractivity (Wildman–Crippen MR) is 70.7 cm³/mol. The van der Waals surface area contributed by atoms with Crippen LogP contribution in [0.15, 0.2) is 12.7 Å². The van der Waals surface area contributed by atoms with Crippen molar-refractivity contribution in [3.63, 3.8) is 0 Å². The average molecular weight is 273 g/mol. The van der Waals surface area contributed by atoms with Gasteiger partial charge in [-0.2, -0.15) is 0 Å². The van der Waals surface area contributed by atoms with E-state index in [1.165, 1.54) is 11.8 Å². The first-order chi connectivity index (χ1) is 9.11. The minimum Gasteiger partial charge on any atom is -0.462 e. The summed E-state index contributed by atoms with van der Waals surface area (Å²) in [5.41, 5.74) is 0. The molecule has 19 heavy (non-hydrogen) atoms. The van der Waals surface area contributed by atoms with Gasteiger partial charge in [-0.15, -0.1) is 6.58 Å². The third-order valence-corrected chi connectivity index (χ3v) is 2.18. The van der Waals surface area contributed by atoms with Crippen molar-refractivity contribution >= 4 is 11.9 Å².